The van der Waals surface area contributed by atoms with E-state index in [1.54, 1.807) is 12.1 Å². The molecule has 0 N–H and O–H groups in total. The average Bonchev–Trinajstić information content (AvgIpc) is 2.60. The van der Waals surface area contributed by atoms with Crippen LogP contribution in [0.25, 0.3) is 0 Å². The second-order valence-corrected chi connectivity index (χ2v) is 3.61. The lowest BCUT2D eigenvalue weighted by Gasteiger charge is -2.14. The predicted octanol–water partition coefficient (Wildman–Crippen LogP) is 1.88. The molecule has 2 heterocycles. The molecule has 2 rings (SSSR count). The molecule has 0 aromatic carbocycles. The van der Waals surface area contributed by atoms with Gasteiger partial charge in [0.25, 0.3) is 0 Å². The number of likely N-dealkylation sites (N-methyl/N-ethyl adjacent to an activating group) is 1. The Morgan fingerprint density at radius 2 is 2.38 bits per heavy atom. The van der Waals surface area contributed by atoms with Gasteiger partial charge >= 0.3 is 0 Å². The van der Waals surface area contributed by atoms with E-state index >= 15 is 0 Å². The zero-order chi connectivity index (χ0) is 9.42. The minimum Gasteiger partial charge on any atom is -0.448 e. The third-order valence-electron chi connectivity index (χ3n) is 2.32. The minimum absolute atomic E-state index is 0.202. The number of hydrogen-bond donors (Lipinski definition) is 0. The van der Waals surface area contributed by atoms with E-state index in [9.17, 15) is 4.79 Å². The van der Waals surface area contributed by atoms with Crippen molar-refractivity contribution in [2.45, 2.75) is 12.5 Å². The van der Waals surface area contributed by atoms with E-state index in [1.807, 2.05) is 11.9 Å². The summed E-state index contributed by atoms with van der Waals surface area (Å²) in [6, 6.07) is 3.19. The first-order chi connectivity index (χ1) is 6.18. The number of furan rings is 1. The molecule has 1 aliphatic rings. The van der Waals surface area contributed by atoms with E-state index in [4.69, 9.17) is 16.0 Å². The van der Waals surface area contributed by atoms with Crippen LogP contribution in [0.5, 0.6) is 0 Å². The smallest absolute Gasteiger partial charge is 0.193 e. The van der Waals surface area contributed by atoms with Gasteiger partial charge in [-0.1, -0.05) is 0 Å². The number of rotatable bonds is 1. The molecule has 0 radical (unpaired) electrons. The second-order valence-electron chi connectivity index (χ2n) is 3.24. The molecule has 1 saturated heterocycles. The SMILES string of the molecule is CN1CCC(=O)C1c1ccc(Cl)o1. The summed E-state index contributed by atoms with van der Waals surface area (Å²) in [6.45, 7) is 0.793. The molecular formula is C9H10ClNO2. The first-order valence-electron chi connectivity index (χ1n) is 4.16. The maximum absolute atomic E-state index is 11.4. The van der Waals surface area contributed by atoms with Gasteiger partial charge in [0.1, 0.15) is 11.8 Å². The Morgan fingerprint density at radius 3 is 2.85 bits per heavy atom. The van der Waals surface area contributed by atoms with Crippen LogP contribution in [0.1, 0.15) is 18.2 Å². The molecule has 0 aliphatic carbocycles. The fraction of sp³-hybridized carbons (Fsp3) is 0.444. The minimum atomic E-state index is -0.229. The van der Waals surface area contributed by atoms with Crippen molar-refractivity contribution in [3.63, 3.8) is 0 Å². The molecule has 0 saturated carbocycles. The molecule has 1 aromatic heterocycles. The van der Waals surface area contributed by atoms with Gasteiger partial charge in [-0.25, -0.2) is 0 Å². The molecule has 1 fully saturated rings. The van der Waals surface area contributed by atoms with Crippen molar-refractivity contribution >= 4 is 17.4 Å². The van der Waals surface area contributed by atoms with E-state index < -0.39 is 0 Å². The number of carbonyl (C=O) groups excluding carboxylic acids is 1. The zero-order valence-corrected chi connectivity index (χ0v) is 8.04. The molecule has 1 aromatic rings. The summed E-state index contributed by atoms with van der Waals surface area (Å²) in [5.41, 5.74) is 0. The van der Waals surface area contributed by atoms with Crippen LogP contribution in [0.4, 0.5) is 0 Å². The van der Waals surface area contributed by atoms with Gasteiger partial charge in [0, 0.05) is 13.0 Å². The fourth-order valence-corrected chi connectivity index (χ4v) is 1.80. The fourth-order valence-electron chi connectivity index (χ4n) is 1.65. The molecule has 1 atom stereocenters. The molecular weight excluding hydrogens is 190 g/mol. The van der Waals surface area contributed by atoms with Gasteiger partial charge in [-0.2, -0.15) is 0 Å². The third-order valence-corrected chi connectivity index (χ3v) is 2.52. The zero-order valence-electron chi connectivity index (χ0n) is 7.29. The molecule has 0 bridgehead atoms. The monoisotopic (exact) mass is 199 g/mol. The molecule has 4 heteroatoms. The maximum Gasteiger partial charge on any atom is 0.193 e. The number of ketones is 1. The summed E-state index contributed by atoms with van der Waals surface area (Å²) >= 11 is 5.64. The van der Waals surface area contributed by atoms with E-state index in [-0.39, 0.29) is 11.8 Å². The highest BCUT2D eigenvalue weighted by Crippen LogP contribution is 2.29. The summed E-state index contributed by atoms with van der Waals surface area (Å²) in [5, 5.41) is 0.336. The highest BCUT2D eigenvalue weighted by molar-refractivity contribution is 6.28. The van der Waals surface area contributed by atoms with E-state index in [2.05, 4.69) is 0 Å². The van der Waals surface area contributed by atoms with Crippen LogP contribution in [-0.2, 0) is 4.79 Å². The van der Waals surface area contributed by atoms with Crippen LogP contribution in [0, 0.1) is 0 Å². The molecule has 3 nitrogen and oxygen atoms in total. The number of hydrogen-bond acceptors (Lipinski definition) is 3. The van der Waals surface area contributed by atoms with Crippen LogP contribution in [0.2, 0.25) is 5.22 Å². The van der Waals surface area contributed by atoms with Crippen molar-refractivity contribution in [2.24, 2.45) is 0 Å². The van der Waals surface area contributed by atoms with E-state index in [1.165, 1.54) is 0 Å². The quantitative estimate of drug-likeness (QED) is 0.693. The molecule has 13 heavy (non-hydrogen) atoms. The van der Waals surface area contributed by atoms with E-state index in [0.717, 1.165) is 6.54 Å². The molecule has 0 amide bonds. The summed E-state index contributed by atoms with van der Waals surface area (Å²) in [7, 11) is 1.91. The van der Waals surface area contributed by atoms with Crippen LogP contribution in [0.15, 0.2) is 16.5 Å². The number of carbonyl (C=O) groups is 1. The van der Waals surface area contributed by atoms with Gasteiger partial charge in [-0.15, -0.1) is 0 Å². The van der Waals surface area contributed by atoms with Crippen molar-refractivity contribution < 1.29 is 9.21 Å². The van der Waals surface area contributed by atoms with Crippen LogP contribution < -0.4 is 0 Å². The lowest BCUT2D eigenvalue weighted by Crippen LogP contribution is -2.20. The topological polar surface area (TPSA) is 33.5 Å². The Labute approximate surface area is 81.3 Å². The number of Topliss-reactive ketones (excluding diaryl/α,β-unsaturated/α-hetero) is 1. The van der Waals surface area contributed by atoms with Crippen molar-refractivity contribution in [2.75, 3.05) is 13.6 Å². The van der Waals surface area contributed by atoms with Crippen LogP contribution in [0.3, 0.4) is 0 Å². The largest absolute Gasteiger partial charge is 0.448 e. The van der Waals surface area contributed by atoms with Gasteiger partial charge in [-0.05, 0) is 30.8 Å². The lowest BCUT2D eigenvalue weighted by atomic mass is 10.1. The maximum atomic E-state index is 11.4. The van der Waals surface area contributed by atoms with Crippen molar-refractivity contribution in [1.29, 1.82) is 0 Å². The van der Waals surface area contributed by atoms with Gasteiger partial charge in [0.05, 0.1) is 0 Å². The first-order valence-corrected chi connectivity index (χ1v) is 4.54. The van der Waals surface area contributed by atoms with Gasteiger partial charge < -0.3 is 4.42 Å². The number of nitrogens with zero attached hydrogens (tertiary/aromatic N) is 1. The summed E-state index contributed by atoms with van der Waals surface area (Å²) in [5.74, 6) is 0.850. The number of halogens is 1. The Kier molecular flexibility index (Phi) is 2.14. The highest BCUT2D eigenvalue weighted by Gasteiger charge is 2.33. The Morgan fingerprint density at radius 1 is 1.62 bits per heavy atom. The summed E-state index contributed by atoms with van der Waals surface area (Å²) in [4.78, 5) is 13.4. The first kappa shape index (κ1) is 8.78. The third kappa shape index (κ3) is 1.49. The molecule has 1 aliphatic heterocycles. The number of likely N-dealkylation sites (tertiary alicyclic amines) is 1. The van der Waals surface area contributed by atoms with Crippen molar-refractivity contribution in [3.8, 4) is 0 Å². The second kappa shape index (κ2) is 3.16. The van der Waals surface area contributed by atoms with E-state index in [0.29, 0.717) is 17.4 Å². The van der Waals surface area contributed by atoms with Crippen LogP contribution >= 0.6 is 11.6 Å². The molecule has 0 spiro atoms. The summed E-state index contributed by atoms with van der Waals surface area (Å²) in [6.07, 6.45) is 0.597. The van der Waals surface area contributed by atoms with Crippen molar-refractivity contribution in [1.82, 2.24) is 4.90 Å². The summed E-state index contributed by atoms with van der Waals surface area (Å²) < 4.78 is 5.21. The lowest BCUT2D eigenvalue weighted by molar-refractivity contribution is -0.120. The van der Waals surface area contributed by atoms with Crippen molar-refractivity contribution in [3.05, 3.63) is 23.1 Å². The standard InChI is InChI=1S/C9H10ClNO2/c1-11-5-4-6(12)9(11)7-2-3-8(10)13-7/h2-3,9H,4-5H2,1H3. The van der Waals surface area contributed by atoms with Crippen LogP contribution in [-0.4, -0.2) is 24.3 Å². The van der Waals surface area contributed by atoms with Gasteiger partial charge in [0.2, 0.25) is 0 Å². The Bertz CT molecular complexity index is 334. The Hall–Kier alpha value is -0.800. The average molecular weight is 200 g/mol. The molecule has 1 unspecified atom stereocenters. The normalized spacial score (nSPS) is 24.2. The predicted molar refractivity (Wildman–Crippen MR) is 48.7 cm³/mol. The van der Waals surface area contributed by atoms with Gasteiger partial charge in [-0.3, -0.25) is 9.69 Å². The molecule has 70 valence electrons. The Balaban J connectivity index is 2.29. The van der Waals surface area contributed by atoms with Gasteiger partial charge in [0.15, 0.2) is 11.0 Å². The highest BCUT2D eigenvalue weighted by atomic mass is 35.5.